The minimum Gasteiger partial charge on any atom is -0.369 e. The molecule has 1 aromatic carbocycles. The van der Waals surface area contributed by atoms with E-state index in [9.17, 15) is 0 Å². The van der Waals surface area contributed by atoms with Gasteiger partial charge < -0.3 is 21.3 Å². The summed E-state index contributed by atoms with van der Waals surface area (Å²) in [7, 11) is 2.09. The van der Waals surface area contributed by atoms with Crippen LogP contribution in [0.1, 0.15) is 0 Å². The molecule has 1 aromatic rings. The number of nitrogens with zero attached hydrogens (tertiary/aromatic N) is 4. The minimum absolute atomic E-state index is 0.166. The highest BCUT2D eigenvalue weighted by Gasteiger charge is 2.15. The lowest BCUT2D eigenvalue weighted by atomic mass is 10.3. The zero-order valence-electron chi connectivity index (χ0n) is 11.5. The fourth-order valence-electron chi connectivity index (χ4n) is 1.93. The van der Waals surface area contributed by atoms with Gasteiger partial charge in [0.2, 0.25) is 5.96 Å². The van der Waals surface area contributed by atoms with Crippen molar-refractivity contribution in [2.45, 2.75) is 0 Å². The number of hydrogen-bond acceptors (Lipinski definition) is 2. The molecule has 2 rings (SSSR count). The van der Waals surface area contributed by atoms with E-state index in [0.717, 1.165) is 36.3 Å². The number of rotatable bonds is 1. The first-order chi connectivity index (χ1) is 9.54. The second-order valence-corrected chi connectivity index (χ2v) is 5.63. The van der Waals surface area contributed by atoms with E-state index in [0.29, 0.717) is 5.96 Å². The predicted octanol–water partition coefficient (Wildman–Crippen LogP) is 0.957. The van der Waals surface area contributed by atoms with E-state index in [-0.39, 0.29) is 5.96 Å². The zero-order valence-corrected chi connectivity index (χ0v) is 13.0. The third kappa shape index (κ3) is 4.21. The Bertz CT molecular complexity index is 519. The van der Waals surface area contributed by atoms with Gasteiger partial charge >= 0.3 is 0 Å². The first-order valence-corrected chi connectivity index (χ1v) is 7.21. The number of benzene rings is 1. The number of halogens is 1. The number of piperazine rings is 1. The Balaban J connectivity index is 2.05. The minimum atomic E-state index is 0.166. The van der Waals surface area contributed by atoms with Gasteiger partial charge in [0.15, 0.2) is 5.96 Å². The lowest BCUT2D eigenvalue weighted by Crippen LogP contribution is -2.50. The van der Waals surface area contributed by atoms with Gasteiger partial charge in [0.25, 0.3) is 0 Å². The molecule has 20 heavy (non-hydrogen) atoms. The van der Waals surface area contributed by atoms with Crippen LogP contribution in [0.3, 0.4) is 0 Å². The standard InChI is InChI=1S/C13H19BrN6/c1-19-5-7-20(8-6-19)13(16)18-12(15)17-11-4-2-3-10(14)9-11/h2-4,9H,5-8H2,1H3,(H4,15,16,17,18). The first-order valence-electron chi connectivity index (χ1n) is 6.42. The Morgan fingerprint density at radius 2 is 1.90 bits per heavy atom. The molecule has 1 heterocycles. The number of likely N-dealkylation sites (N-methyl/N-ethyl adjacent to an activating group) is 1. The summed E-state index contributed by atoms with van der Waals surface area (Å²) in [6.07, 6.45) is 0. The Labute approximate surface area is 127 Å². The zero-order chi connectivity index (χ0) is 14.5. The van der Waals surface area contributed by atoms with Gasteiger partial charge in [-0.05, 0) is 25.2 Å². The molecule has 1 aliphatic rings. The van der Waals surface area contributed by atoms with Gasteiger partial charge in [0, 0.05) is 30.7 Å². The summed E-state index contributed by atoms with van der Waals surface area (Å²) < 4.78 is 0.947. The molecule has 0 radical (unpaired) electrons. The summed E-state index contributed by atoms with van der Waals surface area (Å²) in [6.45, 7) is 3.66. The number of nitrogens with two attached hydrogens (primary N) is 2. The maximum atomic E-state index is 5.97. The van der Waals surface area contributed by atoms with Gasteiger partial charge in [-0.25, -0.2) is 4.99 Å². The lowest BCUT2D eigenvalue weighted by Gasteiger charge is -2.32. The van der Waals surface area contributed by atoms with Gasteiger partial charge in [0.05, 0.1) is 5.69 Å². The average Bonchev–Trinajstić information content (AvgIpc) is 2.39. The van der Waals surface area contributed by atoms with Crippen molar-refractivity contribution in [2.24, 2.45) is 21.5 Å². The molecule has 0 saturated carbocycles. The largest absolute Gasteiger partial charge is 0.369 e. The maximum absolute atomic E-state index is 5.97. The van der Waals surface area contributed by atoms with Crippen LogP contribution >= 0.6 is 15.9 Å². The third-order valence-electron chi connectivity index (χ3n) is 3.11. The fourth-order valence-corrected chi connectivity index (χ4v) is 2.31. The van der Waals surface area contributed by atoms with Crippen molar-refractivity contribution in [3.63, 3.8) is 0 Å². The second kappa shape index (κ2) is 6.71. The van der Waals surface area contributed by atoms with Crippen LogP contribution < -0.4 is 11.5 Å². The Morgan fingerprint density at radius 1 is 1.20 bits per heavy atom. The van der Waals surface area contributed by atoms with Gasteiger partial charge in [-0.2, -0.15) is 4.99 Å². The van der Waals surface area contributed by atoms with Crippen molar-refractivity contribution in [3.8, 4) is 0 Å². The Morgan fingerprint density at radius 3 is 2.55 bits per heavy atom. The molecule has 0 spiro atoms. The molecule has 1 fully saturated rings. The summed E-state index contributed by atoms with van der Waals surface area (Å²) in [5.74, 6) is 0.592. The van der Waals surface area contributed by atoms with Gasteiger partial charge in [0.1, 0.15) is 0 Å². The van der Waals surface area contributed by atoms with Crippen LogP contribution in [-0.4, -0.2) is 54.9 Å². The molecule has 0 amide bonds. The molecule has 1 saturated heterocycles. The van der Waals surface area contributed by atoms with Crippen molar-refractivity contribution >= 4 is 33.5 Å². The average molecular weight is 339 g/mol. The van der Waals surface area contributed by atoms with Gasteiger partial charge in [-0.15, -0.1) is 0 Å². The molecule has 0 unspecified atom stereocenters. The van der Waals surface area contributed by atoms with E-state index in [1.807, 2.05) is 29.2 Å². The fraction of sp³-hybridized carbons (Fsp3) is 0.385. The predicted molar refractivity (Wildman–Crippen MR) is 86.1 cm³/mol. The van der Waals surface area contributed by atoms with Crippen LogP contribution in [0.2, 0.25) is 0 Å². The Hall–Kier alpha value is -1.60. The van der Waals surface area contributed by atoms with E-state index in [1.165, 1.54) is 0 Å². The highest BCUT2D eigenvalue weighted by Crippen LogP contribution is 2.18. The third-order valence-corrected chi connectivity index (χ3v) is 3.60. The quantitative estimate of drug-likeness (QED) is 0.590. The number of guanidine groups is 2. The molecule has 6 nitrogen and oxygen atoms in total. The molecular formula is C13H19BrN6. The van der Waals surface area contributed by atoms with Crippen LogP contribution in [0.15, 0.2) is 38.7 Å². The van der Waals surface area contributed by atoms with Crippen molar-refractivity contribution in [1.29, 1.82) is 0 Å². The summed E-state index contributed by atoms with van der Waals surface area (Å²) in [6, 6.07) is 7.55. The van der Waals surface area contributed by atoms with E-state index >= 15 is 0 Å². The summed E-state index contributed by atoms with van der Waals surface area (Å²) in [5, 5.41) is 0. The monoisotopic (exact) mass is 338 g/mol. The number of aliphatic imine (C=N–C) groups is 2. The molecule has 1 aliphatic heterocycles. The topological polar surface area (TPSA) is 83.2 Å². The summed E-state index contributed by atoms with van der Waals surface area (Å²) >= 11 is 3.39. The molecular weight excluding hydrogens is 320 g/mol. The van der Waals surface area contributed by atoms with Gasteiger partial charge in [-0.3, -0.25) is 0 Å². The normalized spacial score (nSPS) is 18.4. The van der Waals surface area contributed by atoms with Crippen LogP contribution in [-0.2, 0) is 0 Å². The van der Waals surface area contributed by atoms with E-state index < -0.39 is 0 Å². The highest BCUT2D eigenvalue weighted by molar-refractivity contribution is 9.10. The van der Waals surface area contributed by atoms with E-state index in [2.05, 4.69) is 37.9 Å². The maximum Gasteiger partial charge on any atom is 0.223 e. The molecule has 7 heteroatoms. The molecule has 108 valence electrons. The van der Waals surface area contributed by atoms with Crippen LogP contribution in [0.25, 0.3) is 0 Å². The SMILES string of the molecule is CN1CCN(C(N)=NC(N)=Nc2cccc(Br)c2)CC1. The van der Waals surface area contributed by atoms with Crippen LogP contribution in [0.5, 0.6) is 0 Å². The molecule has 0 atom stereocenters. The summed E-state index contributed by atoms with van der Waals surface area (Å²) in [4.78, 5) is 12.7. The molecule has 0 aliphatic carbocycles. The van der Waals surface area contributed by atoms with Crippen molar-refractivity contribution in [3.05, 3.63) is 28.7 Å². The second-order valence-electron chi connectivity index (χ2n) is 4.71. The molecule has 0 aromatic heterocycles. The van der Waals surface area contributed by atoms with E-state index in [4.69, 9.17) is 11.5 Å². The van der Waals surface area contributed by atoms with Crippen molar-refractivity contribution < 1.29 is 0 Å². The van der Waals surface area contributed by atoms with Crippen molar-refractivity contribution in [2.75, 3.05) is 33.2 Å². The smallest absolute Gasteiger partial charge is 0.223 e. The van der Waals surface area contributed by atoms with Crippen molar-refractivity contribution in [1.82, 2.24) is 9.80 Å². The van der Waals surface area contributed by atoms with Gasteiger partial charge in [-0.1, -0.05) is 22.0 Å². The molecule has 0 bridgehead atoms. The highest BCUT2D eigenvalue weighted by atomic mass is 79.9. The number of hydrogen-bond donors (Lipinski definition) is 2. The lowest BCUT2D eigenvalue weighted by molar-refractivity contribution is 0.214. The van der Waals surface area contributed by atoms with E-state index in [1.54, 1.807) is 0 Å². The summed E-state index contributed by atoms with van der Waals surface area (Å²) in [5.41, 5.74) is 12.5. The van der Waals surface area contributed by atoms with Crippen LogP contribution in [0.4, 0.5) is 5.69 Å². The molecule has 4 N–H and O–H groups in total. The Kier molecular flexibility index (Phi) is 4.97. The first kappa shape index (κ1) is 14.8. The van der Waals surface area contributed by atoms with Crippen LogP contribution in [0, 0.1) is 0 Å².